The third-order valence-corrected chi connectivity index (χ3v) is 3.19. The van der Waals surface area contributed by atoms with Crippen LogP contribution in [0.4, 0.5) is 0 Å². The number of hydrogen-bond donors (Lipinski definition) is 3. The van der Waals surface area contributed by atoms with Crippen LogP contribution in [0.15, 0.2) is 30.3 Å². The van der Waals surface area contributed by atoms with E-state index in [-0.39, 0.29) is 12.5 Å². The standard InChI is InChI=1S/C15H23N3O3/c16-9-4-7-13(17)15(21)18(11-14(19)20)10-8-12-5-2-1-3-6-12/h1-3,5-6,13H,4,7-11,16-17H2,(H,19,20)/t13-/m1/s1. The third kappa shape index (κ3) is 6.37. The van der Waals surface area contributed by atoms with E-state index in [1.807, 2.05) is 30.3 Å². The van der Waals surface area contributed by atoms with Crippen molar-refractivity contribution in [2.75, 3.05) is 19.6 Å². The van der Waals surface area contributed by atoms with Crippen LogP contribution in [-0.2, 0) is 16.0 Å². The van der Waals surface area contributed by atoms with E-state index in [0.29, 0.717) is 32.4 Å². The van der Waals surface area contributed by atoms with Gasteiger partial charge in [0.05, 0.1) is 6.04 Å². The van der Waals surface area contributed by atoms with E-state index in [2.05, 4.69) is 0 Å². The summed E-state index contributed by atoms with van der Waals surface area (Å²) >= 11 is 0. The number of nitrogens with two attached hydrogens (primary N) is 2. The third-order valence-electron chi connectivity index (χ3n) is 3.19. The number of carbonyl (C=O) groups is 2. The maximum Gasteiger partial charge on any atom is 0.323 e. The number of carbonyl (C=O) groups excluding carboxylic acids is 1. The minimum absolute atomic E-state index is 0.331. The molecule has 0 aliphatic carbocycles. The van der Waals surface area contributed by atoms with Gasteiger partial charge in [-0.2, -0.15) is 0 Å². The summed E-state index contributed by atoms with van der Waals surface area (Å²) in [5.41, 5.74) is 12.3. The topological polar surface area (TPSA) is 110 Å². The van der Waals surface area contributed by atoms with E-state index >= 15 is 0 Å². The predicted molar refractivity (Wildman–Crippen MR) is 80.6 cm³/mol. The molecule has 116 valence electrons. The van der Waals surface area contributed by atoms with Crippen molar-refractivity contribution in [3.63, 3.8) is 0 Å². The second-order valence-electron chi connectivity index (χ2n) is 4.93. The molecule has 0 aromatic heterocycles. The number of amides is 1. The first-order chi connectivity index (χ1) is 10.0. The van der Waals surface area contributed by atoms with E-state index in [4.69, 9.17) is 16.6 Å². The number of carboxylic acid groups (broad SMARTS) is 1. The molecule has 1 aromatic carbocycles. The zero-order chi connectivity index (χ0) is 15.7. The highest BCUT2D eigenvalue weighted by Gasteiger charge is 2.22. The van der Waals surface area contributed by atoms with Crippen molar-refractivity contribution in [2.45, 2.75) is 25.3 Å². The monoisotopic (exact) mass is 293 g/mol. The first-order valence-corrected chi connectivity index (χ1v) is 7.04. The van der Waals surface area contributed by atoms with Gasteiger partial charge in [0.2, 0.25) is 5.91 Å². The molecule has 0 bridgehead atoms. The lowest BCUT2D eigenvalue weighted by Gasteiger charge is -2.24. The summed E-state index contributed by atoms with van der Waals surface area (Å²) in [4.78, 5) is 24.4. The molecule has 0 heterocycles. The molecule has 6 heteroatoms. The number of aliphatic carboxylic acids is 1. The van der Waals surface area contributed by atoms with Crippen molar-refractivity contribution < 1.29 is 14.7 Å². The summed E-state index contributed by atoms with van der Waals surface area (Å²) in [6.07, 6.45) is 1.72. The van der Waals surface area contributed by atoms with Crippen molar-refractivity contribution >= 4 is 11.9 Å². The summed E-state index contributed by atoms with van der Waals surface area (Å²) in [6, 6.07) is 8.92. The van der Waals surface area contributed by atoms with Crippen LogP contribution in [0.3, 0.4) is 0 Å². The fraction of sp³-hybridized carbons (Fsp3) is 0.467. The van der Waals surface area contributed by atoms with Gasteiger partial charge < -0.3 is 21.5 Å². The van der Waals surface area contributed by atoms with Gasteiger partial charge in [0.25, 0.3) is 0 Å². The van der Waals surface area contributed by atoms with Gasteiger partial charge in [-0.1, -0.05) is 30.3 Å². The first kappa shape index (κ1) is 17.1. The summed E-state index contributed by atoms with van der Waals surface area (Å²) in [7, 11) is 0. The molecule has 6 nitrogen and oxygen atoms in total. The maximum absolute atomic E-state index is 12.2. The lowest BCUT2D eigenvalue weighted by atomic mass is 10.1. The van der Waals surface area contributed by atoms with Crippen molar-refractivity contribution in [2.24, 2.45) is 11.5 Å². The molecule has 1 aromatic rings. The van der Waals surface area contributed by atoms with Crippen LogP contribution in [0, 0.1) is 0 Å². The summed E-state index contributed by atoms with van der Waals surface area (Å²) in [6.45, 7) is 0.470. The van der Waals surface area contributed by atoms with Gasteiger partial charge in [0.1, 0.15) is 6.54 Å². The van der Waals surface area contributed by atoms with E-state index < -0.39 is 12.0 Å². The number of rotatable bonds is 9. The molecule has 5 N–H and O–H groups in total. The molecule has 0 saturated carbocycles. The zero-order valence-corrected chi connectivity index (χ0v) is 12.1. The van der Waals surface area contributed by atoms with E-state index in [0.717, 1.165) is 5.56 Å². The van der Waals surface area contributed by atoms with Crippen molar-refractivity contribution in [1.29, 1.82) is 0 Å². The largest absolute Gasteiger partial charge is 0.480 e. The lowest BCUT2D eigenvalue weighted by Crippen LogP contribution is -2.46. The lowest BCUT2D eigenvalue weighted by molar-refractivity contribution is -0.145. The van der Waals surface area contributed by atoms with Crippen molar-refractivity contribution in [3.05, 3.63) is 35.9 Å². The number of benzene rings is 1. The molecule has 0 fully saturated rings. The Kier molecular flexibility index (Phi) is 7.42. The van der Waals surface area contributed by atoms with Gasteiger partial charge in [0, 0.05) is 6.54 Å². The fourth-order valence-corrected chi connectivity index (χ4v) is 2.03. The average molecular weight is 293 g/mol. The molecule has 0 spiro atoms. The second-order valence-corrected chi connectivity index (χ2v) is 4.93. The van der Waals surface area contributed by atoms with Crippen LogP contribution < -0.4 is 11.5 Å². The van der Waals surface area contributed by atoms with E-state index in [1.54, 1.807) is 0 Å². The average Bonchev–Trinajstić information content (AvgIpc) is 2.49. The van der Waals surface area contributed by atoms with Crippen LogP contribution in [0.25, 0.3) is 0 Å². The smallest absolute Gasteiger partial charge is 0.323 e. The van der Waals surface area contributed by atoms with Crippen LogP contribution in [0.2, 0.25) is 0 Å². The Bertz CT molecular complexity index is 451. The minimum Gasteiger partial charge on any atom is -0.480 e. The SMILES string of the molecule is NCCC[C@@H](N)C(=O)N(CCc1ccccc1)CC(=O)O. The minimum atomic E-state index is -1.04. The van der Waals surface area contributed by atoms with Crippen LogP contribution >= 0.6 is 0 Å². The molecule has 21 heavy (non-hydrogen) atoms. The molecular formula is C15H23N3O3. The summed E-state index contributed by atoms with van der Waals surface area (Å²) < 4.78 is 0. The molecule has 0 aliphatic rings. The van der Waals surface area contributed by atoms with E-state index in [1.165, 1.54) is 4.90 Å². The molecule has 1 amide bonds. The molecule has 0 aliphatic heterocycles. The Morgan fingerprint density at radius 2 is 1.90 bits per heavy atom. The fourth-order valence-electron chi connectivity index (χ4n) is 2.03. The number of carboxylic acids is 1. The zero-order valence-electron chi connectivity index (χ0n) is 12.1. The molecular weight excluding hydrogens is 270 g/mol. The summed E-state index contributed by atoms with van der Waals surface area (Å²) in [5.74, 6) is -1.37. The van der Waals surface area contributed by atoms with Crippen LogP contribution in [-0.4, -0.2) is 47.6 Å². The molecule has 0 saturated heterocycles. The maximum atomic E-state index is 12.2. The molecule has 1 rings (SSSR count). The molecule has 1 atom stereocenters. The second kappa shape index (κ2) is 9.10. The van der Waals surface area contributed by atoms with Gasteiger partial charge in [-0.3, -0.25) is 9.59 Å². The van der Waals surface area contributed by atoms with E-state index in [9.17, 15) is 9.59 Å². The van der Waals surface area contributed by atoms with Crippen molar-refractivity contribution in [3.8, 4) is 0 Å². The highest BCUT2D eigenvalue weighted by molar-refractivity contribution is 5.85. The van der Waals surface area contributed by atoms with Gasteiger partial charge in [-0.15, -0.1) is 0 Å². The molecule has 0 unspecified atom stereocenters. The first-order valence-electron chi connectivity index (χ1n) is 7.04. The highest BCUT2D eigenvalue weighted by atomic mass is 16.4. The van der Waals surface area contributed by atoms with Gasteiger partial charge >= 0.3 is 5.97 Å². The number of hydrogen-bond acceptors (Lipinski definition) is 4. The van der Waals surface area contributed by atoms with Crippen LogP contribution in [0.5, 0.6) is 0 Å². The number of nitrogens with zero attached hydrogens (tertiary/aromatic N) is 1. The Balaban J connectivity index is 2.62. The highest BCUT2D eigenvalue weighted by Crippen LogP contribution is 2.05. The predicted octanol–water partition coefficient (Wildman–Crippen LogP) is 0.209. The normalized spacial score (nSPS) is 11.9. The van der Waals surface area contributed by atoms with Gasteiger partial charge in [-0.05, 0) is 31.4 Å². The quantitative estimate of drug-likeness (QED) is 0.603. The van der Waals surface area contributed by atoms with Crippen LogP contribution in [0.1, 0.15) is 18.4 Å². The van der Waals surface area contributed by atoms with Crippen molar-refractivity contribution in [1.82, 2.24) is 4.90 Å². The Hall–Kier alpha value is -1.92. The van der Waals surface area contributed by atoms with Gasteiger partial charge in [0.15, 0.2) is 0 Å². The Morgan fingerprint density at radius 3 is 2.48 bits per heavy atom. The Morgan fingerprint density at radius 1 is 1.24 bits per heavy atom. The molecule has 0 radical (unpaired) electrons. The summed E-state index contributed by atoms with van der Waals surface area (Å²) in [5, 5.41) is 8.93. The Labute approximate surface area is 124 Å². The van der Waals surface area contributed by atoms with Gasteiger partial charge in [-0.25, -0.2) is 0 Å².